The second-order valence-electron chi connectivity index (χ2n) is 3.10. The van der Waals surface area contributed by atoms with E-state index in [0.29, 0.717) is 5.82 Å². The van der Waals surface area contributed by atoms with Crippen molar-refractivity contribution in [1.29, 1.82) is 0 Å². The quantitative estimate of drug-likeness (QED) is 0.599. The van der Waals surface area contributed by atoms with Crippen LogP contribution in [0.5, 0.6) is 0 Å². The number of aromatic nitrogens is 2. The first-order chi connectivity index (χ1) is 7.33. The number of nitrogens with two attached hydrogens (primary N) is 1. The maximum atomic E-state index is 5.34. The molecule has 0 saturated carbocycles. The van der Waals surface area contributed by atoms with E-state index in [4.69, 9.17) is 10.6 Å². The van der Waals surface area contributed by atoms with Gasteiger partial charge in [-0.05, 0) is 15.9 Å². The van der Waals surface area contributed by atoms with Gasteiger partial charge in [0.25, 0.3) is 0 Å². The molecule has 0 aromatic carbocycles. The molecule has 1 aliphatic heterocycles. The smallest absolute Gasteiger partial charge is 0.159 e. The second-order valence-corrected chi connectivity index (χ2v) is 3.90. The molecular weight excluding hydrogens is 262 g/mol. The summed E-state index contributed by atoms with van der Waals surface area (Å²) < 4.78 is 6.06. The lowest BCUT2D eigenvalue weighted by Crippen LogP contribution is -2.37. The maximum Gasteiger partial charge on any atom is 0.159 e. The van der Waals surface area contributed by atoms with Crippen molar-refractivity contribution in [2.45, 2.75) is 0 Å². The van der Waals surface area contributed by atoms with Gasteiger partial charge in [-0.3, -0.25) is 0 Å². The summed E-state index contributed by atoms with van der Waals surface area (Å²) in [6, 6.07) is 0. The average Bonchev–Trinajstić information content (AvgIpc) is 2.30. The first kappa shape index (κ1) is 10.6. The Bertz CT molecular complexity index is 342. The number of hydrazine groups is 1. The van der Waals surface area contributed by atoms with Crippen molar-refractivity contribution in [1.82, 2.24) is 9.97 Å². The molecule has 7 heteroatoms. The SMILES string of the molecule is NNc1ncnc(N2CCOCC2)c1Br. The molecule has 82 valence electrons. The minimum Gasteiger partial charge on any atom is -0.378 e. The molecule has 2 rings (SSSR count). The summed E-state index contributed by atoms with van der Waals surface area (Å²) in [5, 5.41) is 0. The third kappa shape index (κ3) is 2.19. The van der Waals surface area contributed by atoms with Crippen LogP contribution >= 0.6 is 15.9 Å². The maximum absolute atomic E-state index is 5.34. The Labute approximate surface area is 95.9 Å². The van der Waals surface area contributed by atoms with Crippen LogP contribution in [0.1, 0.15) is 0 Å². The Morgan fingerprint density at radius 3 is 2.80 bits per heavy atom. The van der Waals surface area contributed by atoms with E-state index in [2.05, 4.69) is 36.2 Å². The lowest BCUT2D eigenvalue weighted by Gasteiger charge is -2.28. The summed E-state index contributed by atoms with van der Waals surface area (Å²) in [4.78, 5) is 10.4. The van der Waals surface area contributed by atoms with Crippen LogP contribution in [0.15, 0.2) is 10.8 Å². The number of nitrogens with one attached hydrogen (secondary N) is 1. The molecule has 0 amide bonds. The van der Waals surface area contributed by atoms with Gasteiger partial charge >= 0.3 is 0 Å². The number of ether oxygens (including phenoxy) is 1. The number of hydrogen-bond acceptors (Lipinski definition) is 6. The number of hydrogen-bond donors (Lipinski definition) is 2. The number of rotatable bonds is 2. The highest BCUT2D eigenvalue weighted by atomic mass is 79.9. The Morgan fingerprint density at radius 2 is 2.13 bits per heavy atom. The molecule has 0 spiro atoms. The molecule has 1 saturated heterocycles. The van der Waals surface area contributed by atoms with E-state index < -0.39 is 0 Å². The molecular formula is C8H12BrN5O. The summed E-state index contributed by atoms with van der Waals surface area (Å²) >= 11 is 3.43. The highest BCUT2D eigenvalue weighted by Gasteiger charge is 2.17. The van der Waals surface area contributed by atoms with Crippen LogP contribution < -0.4 is 16.2 Å². The molecule has 2 heterocycles. The minimum atomic E-state index is 0.589. The van der Waals surface area contributed by atoms with E-state index >= 15 is 0 Å². The Hall–Kier alpha value is -0.920. The zero-order valence-corrected chi connectivity index (χ0v) is 9.70. The number of anilines is 2. The molecule has 6 nitrogen and oxygen atoms in total. The molecule has 0 radical (unpaired) electrons. The van der Waals surface area contributed by atoms with Crippen molar-refractivity contribution < 1.29 is 4.74 Å². The van der Waals surface area contributed by atoms with Gasteiger partial charge in [-0.1, -0.05) is 0 Å². The monoisotopic (exact) mass is 273 g/mol. The first-order valence-electron chi connectivity index (χ1n) is 4.62. The number of nitrogens with zero attached hydrogens (tertiary/aromatic N) is 3. The van der Waals surface area contributed by atoms with Gasteiger partial charge in [-0.15, -0.1) is 0 Å². The second kappa shape index (κ2) is 4.73. The lowest BCUT2D eigenvalue weighted by molar-refractivity contribution is 0.122. The predicted octanol–water partition coefficient (Wildman–Crippen LogP) is 0.361. The van der Waals surface area contributed by atoms with Crippen LogP contribution in [0.2, 0.25) is 0 Å². The highest BCUT2D eigenvalue weighted by Crippen LogP contribution is 2.29. The third-order valence-electron chi connectivity index (χ3n) is 2.22. The molecule has 0 unspecified atom stereocenters. The number of morpholine rings is 1. The van der Waals surface area contributed by atoms with E-state index in [0.717, 1.165) is 36.6 Å². The normalized spacial score (nSPS) is 16.5. The highest BCUT2D eigenvalue weighted by molar-refractivity contribution is 9.10. The van der Waals surface area contributed by atoms with E-state index in [-0.39, 0.29) is 0 Å². The summed E-state index contributed by atoms with van der Waals surface area (Å²) in [6.45, 7) is 3.11. The molecule has 1 aromatic rings. The number of halogens is 1. The van der Waals surface area contributed by atoms with Crippen LogP contribution in [-0.2, 0) is 4.74 Å². The van der Waals surface area contributed by atoms with Gasteiger partial charge < -0.3 is 15.1 Å². The van der Waals surface area contributed by atoms with E-state index in [1.807, 2.05) is 0 Å². The summed E-state index contributed by atoms with van der Waals surface area (Å²) in [5.41, 5.74) is 2.52. The molecule has 0 atom stereocenters. The van der Waals surface area contributed by atoms with Crippen molar-refractivity contribution in [3.63, 3.8) is 0 Å². The van der Waals surface area contributed by atoms with Gasteiger partial charge in [-0.2, -0.15) is 0 Å². The van der Waals surface area contributed by atoms with Crippen LogP contribution in [0.25, 0.3) is 0 Å². The standard InChI is InChI=1S/C8H12BrN5O/c9-6-7(13-10)11-5-12-8(6)14-1-3-15-4-2-14/h5H,1-4,10H2,(H,11,12,13). The zero-order valence-electron chi connectivity index (χ0n) is 8.11. The van der Waals surface area contributed by atoms with Gasteiger partial charge in [0, 0.05) is 13.1 Å². The fraction of sp³-hybridized carbons (Fsp3) is 0.500. The summed E-state index contributed by atoms with van der Waals surface area (Å²) in [5.74, 6) is 6.77. The molecule has 1 fully saturated rings. The summed E-state index contributed by atoms with van der Waals surface area (Å²) in [6.07, 6.45) is 1.49. The third-order valence-corrected chi connectivity index (χ3v) is 2.95. The molecule has 1 aliphatic rings. The van der Waals surface area contributed by atoms with Gasteiger partial charge in [-0.25, -0.2) is 15.8 Å². The van der Waals surface area contributed by atoms with Gasteiger partial charge in [0.1, 0.15) is 16.6 Å². The first-order valence-corrected chi connectivity index (χ1v) is 5.42. The van der Waals surface area contributed by atoms with Crippen molar-refractivity contribution in [3.05, 3.63) is 10.8 Å². The van der Waals surface area contributed by atoms with Crippen LogP contribution in [-0.4, -0.2) is 36.3 Å². The predicted molar refractivity (Wildman–Crippen MR) is 60.6 cm³/mol. The Balaban J connectivity index is 2.26. The minimum absolute atomic E-state index is 0.589. The van der Waals surface area contributed by atoms with Gasteiger partial charge in [0.2, 0.25) is 0 Å². The molecule has 0 bridgehead atoms. The molecule has 0 aliphatic carbocycles. The average molecular weight is 274 g/mol. The lowest BCUT2D eigenvalue weighted by atomic mass is 10.4. The number of nitrogen functional groups attached to an aromatic ring is 1. The Kier molecular flexibility index (Phi) is 3.34. The van der Waals surface area contributed by atoms with Crippen LogP contribution in [0.3, 0.4) is 0 Å². The van der Waals surface area contributed by atoms with Crippen LogP contribution in [0.4, 0.5) is 11.6 Å². The van der Waals surface area contributed by atoms with E-state index in [9.17, 15) is 0 Å². The Morgan fingerprint density at radius 1 is 1.40 bits per heavy atom. The van der Waals surface area contributed by atoms with Crippen molar-refractivity contribution in [2.75, 3.05) is 36.6 Å². The fourth-order valence-electron chi connectivity index (χ4n) is 1.46. The van der Waals surface area contributed by atoms with E-state index in [1.165, 1.54) is 6.33 Å². The van der Waals surface area contributed by atoms with Crippen molar-refractivity contribution >= 4 is 27.6 Å². The molecule has 3 N–H and O–H groups in total. The van der Waals surface area contributed by atoms with E-state index in [1.54, 1.807) is 0 Å². The largest absolute Gasteiger partial charge is 0.378 e. The molecule has 1 aromatic heterocycles. The fourth-order valence-corrected chi connectivity index (χ4v) is 2.03. The van der Waals surface area contributed by atoms with Crippen molar-refractivity contribution in [2.24, 2.45) is 5.84 Å². The van der Waals surface area contributed by atoms with Crippen LogP contribution in [0, 0.1) is 0 Å². The summed E-state index contributed by atoms with van der Waals surface area (Å²) in [7, 11) is 0. The molecule has 15 heavy (non-hydrogen) atoms. The van der Waals surface area contributed by atoms with Gasteiger partial charge in [0.05, 0.1) is 13.2 Å². The van der Waals surface area contributed by atoms with Crippen molar-refractivity contribution in [3.8, 4) is 0 Å². The topological polar surface area (TPSA) is 76.3 Å². The zero-order chi connectivity index (χ0) is 10.7. The van der Waals surface area contributed by atoms with Gasteiger partial charge in [0.15, 0.2) is 5.82 Å².